The fourth-order valence-electron chi connectivity index (χ4n) is 1.30. The van der Waals surface area contributed by atoms with Gasteiger partial charge in [-0.2, -0.15) is 5.10 Å². The summed E-state index contributed by atoms with van der Waals surface area (Å²) in [7, 11) is 0. The summed E-state index contributed by atoms with van der Waals surface area (Å²) in [5.41, 5.74) is -0.231. The quantitative estimate of drug-likeness (QED) is 0.840. The highest BCUT2D eigenvalue weighted by molar-refractivity contribution is 5.20. The van der Waals surface area contributed by atoms with Crippen LogP contribution in [-0.2, 0) is 6.54 Å². The average Bonchev–Trinajstić information content (AvgIpc) is 2.64. The zero-order chi connectivity index (χ0) is 11.5. The van der Waals surface area contributed by atoms with E-state index < -0.39 is 0 Å². The predicted molar refractivity (Wildman–Crippen MR) is 57.6 cm³/mol. The molecule has 0 aliphatic carbocycles. The van der Waals surface area contributed by atoms with Crippen LogP contribution in [0.25, 0.3) is 0 Å². The highest BCUT2D eigenvalue weighted by atomic mass is 16.5. The van der Waals surface area contributed by atoms with E-state index in [9.17, 15) is 4.79 Å². The number of aromatic amines is 1. The highest BCUT2D eigenvalue weighted by Crippen LogP contribution is 2.16. The molecule has 0 bridgehead atoms. The molecule has 16 heavy (non-hydrogen) atoms. The van der Waals surface area contributed by atoms with Crippen LogP contribution in [0.4, 0.5) is 0 Å². The number of aryl methyl sites for hydroxylation is 2. The molecule has 2 rings (SSSR count). The van der Waals surface area contributed by atoms with Gasteiger partial charge in [0.05, 0.1) is 18.5 Å². The molecule has 0 saturated heterocycles. The van der Waals surface area contributed by atoms with Gasteiger partial charge in [0, 0.05) is 6.54 Å². The number of H-pyrrole nitrogens is 1. The van der Waals surface area contributed by atoms with E-state index in [1.165, 1.54) is 6.07 Å². The third kappa shape index (κ3) is 2.28. The lowest BCUT2D eigenvalue weighted by Crippen LogP contribution is -2.08. The minimum atomic E-state index is -0.231. The van der Waals surface area contributed by atoms with Gasteiger partial charge < -0.3 is 9.72 Å². The summed E-state index contributed by atoms with van der Waals surface area (Å²) in [6.45, 7) is 4.45. The third-order valence-corrected chi connectivity index (χ3v) is 1.99. The maximum Gasteiger partial charge on any atom is 0.254 e. The second kappa shape index (κ2) is 4.18. The fraction of sp³-hybridized carbons (Fsp3) is 0.300. The molecular formula is C10H12N4O2. The lowest BCUT2D eigenvalue weighted by molar-refractivity contribution is 0.457. The van der Waals surface area contributed by atoms with E-state index in [2.05, 4.69) is 15.1 Å². The maximum atomic E-state index is 11.2. The van der Waals surface area contributed by atoms with Crippen molar-refractivity contribution in [3.05, 3.63) is 34.6 Å². The highest BCUT2D eigenvalue weighted by Gasteiger charge is 2.03. The van der Waals surface area contributed by atoms with Crippen LogP contribution >= 0.6 is 0 Å². The summed E-state index contributed by atoms with van der Waals surface area (Å²) < 4.78 is 7.14. The van der Waals surface area contributed by atoms with Gasteiger partial charge in [0.25, 0.3) is 5.56 Å². The van der Waals surface area contributed by atoms with Crippen molar-refractivity contribution in [3.63, 3.8) is 0 Å². The van der Waals surface area contributed by atoms with E-state index in [1.807, 2.05) is 6.92 Å². The molecule has 2 aromatic rings. The Kier molecular flexibility index (Phi) is 2.72. The van der Waals surface area contributed by atoms with Gasteiger partial charge in [-0.25, -0.2) is 4.98 Å². The van der Waals surface area contributed by atoms with Crippen molar-refractivity contribution in [1.29, 1.82) is 0 Å². The van der Waals surface area contributed by atoms with Crippen molar-refractivity contribution in [2.24, 2.45) is 0 Å². The van der Waals surface area contributed by atoms with Gasteiger partial charge in [-0.3, -0.25) is 9.48 Å². The Bertz CT molecular complexity index is 544. The third-order valence-electron chi connectivity index (χ3n) is 1.99. The van der Waals surface area contributed by atoms with Gasteiger partial charge in [0.1, 0.15) is 5.82 Å². The molecule has 0 amide bonds. The predicted octanol–water partition coefficient (Wildman–Crippen LogP) is 1.09. The van der Waals surface area contributed by atoms with E-state index in [0.29, 0.717) is 11.6 Å². The second-order valence-corrected chi connectivity index (χ2v) is 3.30. The number of aromatic nitrogens is 4. The average molecular weight is 220 g/mol. The zero-order valence-electron chi connectivity index (χ0n) is 9.10. The number of ether oxygens (including phenoxy) is 1. The van der Waals surface area contributed by atoms with E-state index in [0.717, 1.165) is 6.54 Å². The SMILES string of the molecule is CCn1cc(Oc2cc(=O)[nH]c(C)n2)cn1. The van der Waals surface area contributed by atoms with Crippen LogP contribution in [0.5, 0.6) is 11.6 Å². The number of hydrogen-bond acceptors (Lipinski definition) is 4. The van der Waals surface area contributed by atoms with Crippen LogP contribution < -0.4 is 10.3 Å². The zero-order valence-corrected chi connectivity index (χ0v) is 9.10. The van der Waals surface area contributed by atoms with Crippen LogP contribution in [0.1, 0.15) is 12.7 Å². The van der Waals surface area contributed by atoms with Gasteiger partial charge >= 0.3 is 0 Å². The van der Waals surface area contributed by atoms with Crippen LogP contribution in [0.15, 0.2) is 23.3 Å². The Morgan fingerprint density at radius 2 is 2.38 bits per heavy atom. The molecule has 0 radical (unpaired) electrons. The molecule has 6 heteroatoms. The Labute approximate surface area is 91.9 Å². The summed E-state index contributed by atoms with van der Waals surface area (Å²) in [5, 5.41) is 4.05. The lowest BCUT2D eigenvalue weighted by atomic mass is 10.5. The molecular weight excluding hydrogens is 208 g/mol. The largest absolute Gasteiger partial charge is 0.435 e. The van der Waals surface area contributed by atoms with Crippen LogP contribution in [0.2, 0.25) is 0 Å². The molecule has 0 aliphatic heterocycles. The van der Waals surface area contributed by atoms with Gasteiger partial charge in [-0.15, -0.1) is 0 Å². The topological polar surface area (TPSA) is 72.8 Å². The molecule has 0 fully saturated rings. The normalized spacial score (nSPS) is 10.4. The van der Waals surface area contributed by atoms with Crippen molar-refractivity contribution in [3.8, 4) is 11.6 Å². The van der Waals surface area contributed by atoms with Crippen molar-refractivity contribution in [2.75, 3.05) is 0 Å². The van der Waals surface area contributed by atoms with E-state index in [1.54, 1.807) is 24.0 Å². The van der Waals surface area contributed by atoms with Crippen LogP contribution in [0.3, 0.4) is 0 Å². The molecule has 0 aliphatic rings. The molecule has 2 heterocycles. The van der Waals surface area contributed by atoms with Crippen molar-refractivity contribution >= 4 is 0 Å². The van der Waals surface area contributed by atoms with Crippen molar-refractivity contribution in [1.82, 2.24) is 19.7 Å². The molecule has 1 N–H and O–H groups in total. The van der Waals surface area contributed by atoms with Crippen molar-refractivity contribution in [2.45, 2.75) is 20.4 Å². The number of nitrogens with zero attached hydrogens (tertiary/aromatic N) is 3. The molecule has 0 spiro atoms. The summed E-state index contributed by atoms with van der Waals surface area (Å²) in [5.74, 6) is 1.36. The first-order valence-electron chi connectivity index (χ1n) is 4.95. The number of rotatable bonds is 3. The maximum absolute atomic E-state index is 11.2. The van der Waals surface area contributed by atoms with E-state index >= 15 is 0 Å². The van der Waals surface area contributed by atoms with Gasteiger partial charge in [-0.1, -0.05) is 0 Å². The first kappa shape index (κ1) is 10.4. The van der Waals surface area contributed by atoms with Gasteiger partial charge in [-0.05, 0) is 13.8 Å². The lowest BCUT2D eigenvalue weighted by Gasteiger charge is -2.01. The standard InChI is InChI=1S/C10H12N4O2/c1-3-14-6-8(5-11-14)16-10-4-9(15)12-7(2)13-10/h4-6H,3H2,1-2H3,(H,12,13,15). The Morgan fingerprint density at radius 3 is 3.00 bits per heavy atom. The summed E-state index contributed by atoms with van der Waals surface area (Å²) >= 11 is 0. The summed E-state index contributed by atoms with van der Waals surface area (Å²) in [6.07, 6.45) is 3.33. The Morgan fingerprint density at radius 1 is 1.56 bits per heavy atom. The number of hydrogen-bond donors (Lipinski definition) is 1. The van der Waals surface area contributed by atoms with Crippen molar-refractivity contribution < 1.29 is 4.74 Å². The molecule has 0 unspecified atom stereocenters. The molecule has 2 aromatic heterocycles. The minimum absolute atomic E-state index is 0.231. The Balaban J connectivity index is 2.23. The van der Waals surface area contributed by atoms with E-state index in [4.69, 9.17) is 4.74 Å². The second-order valence-electron chi connectivity index (χ2n) is 3.30. The monoisotopic (exact) mass is 220 g/mol. The molecule has 0 saturated carbocycles. The number of nitrogens with one attached hydrogen (secondary N) is 1. The summed E-state index contributed by atoms with van der Waals surface area (Å²) in [4.78, 5) is 17.8. The molecule has 0 aromatic carbocycles. The first-order chi connectivity index (χ1) is 7.67. The minimum Gasteiger partial charge on any atom is -0.435 e. The Hall–Kier alpha value is -2.11. The fourth-order valence-corrected chi connectivity index (χ4v) is 1.30. The molecule has 0 atom stereocenters. The van der Waals surface area contributed by atoms with Gasteiger partial charge in [0.15, 0.2) is 5.75 Å². The summed E-state index contributed by atoms with van der Waals surface area (Å²) in [6, 6.07) is 1.30. The van der Waals surface area contributed by atoms with Crippen LogP contribution in [-0.4, -0.2) is 19.7 Å². The van der Waals surface area contributed by atoms with Gasteiger partial charge in [0.2, 0.25) is 5.88 Å². The van der Waals surface area contributed by atoms with E-state index in [-0.39, 0.29) is 11.4 Å². The smallest absolute Gasteiger partial charge is 0.254 e. The molecule has 6 nitrogen and oxygen atoms in total. The molecule has 84 valence electrons. The van der Waals surface area contributed by atoms with Crippen LogP contribution in [0, 0.1) is 6.92 Å². The first-order valence-corrected chi connectivity index (χ1v) is 4.95.